The van der Waals surface area contributed by atoms with Crippen LogP contribution < -0.4 is 10.6 Å². The van der Waals surface area contributed by atoms with Gasteiger partial charge in [-0.3, -0.25) is 14.8 Å². The molecule has 0 bridgehead atoms. The van der Waals surface area contributed by atoms with Crippen molar-refractivity contribution in [3.05, 3.63) is 54.4 Å². The lowest BCUT2D eigenvalue weighted by molar-refractivity contribution is -0.117. The number of aromatic nitrogens is 5. The Balaban J connectivity index is 0.000000300. The van der Waals surface area contributed by atoms with Crippen molar-refractivity contribution in [2.75, 3.05) is 49.9 Å². The summed E-state index contributed by atoms with van der Waals surface area (Å²) in [6.07, 6.45) is 9.97. The average molecular weight is 590 g/mol. The third-order valence-electron chi connectivity index (χ3n) is 7.25. The monoisotopic (exact) mass is 589 g/mol. The third kappa shape index (κ3) is 8.63. The zero-order valence-corrected chi connectivity index (χ0v) is 24.9. The lowest BCUT2D eigenvalue weighted by atomic mass is 10.1. The lowest BCUT2D eigenvalue weighted by Crippen LogP contribution is -2.30. The van der Waals surface area contributed by atoms with Crippen LogP contribution >= 0.6 is 11.8 Å². The number of carbonyl (C=O) groups is 2. The van der Waals surface area contributed by atoms with E-state index < -0.39 is 0 Å². The van der Waals surface area contributed by atoms with Crippen LogP contribution in [-0.2, 0) is 9.59 Å². The van der Waals surface area contributed by atoms with Gasteiger partial charge in [0, 0.05) is 41.5 Å². The van der Waals surface area contributed by atoms with Crippen molar-refractivity contribution in [2.24, 2.45) is 0 Å². The molecule has 1 amide bonds. The van der Waals surface area contributed by atoms with E-state index in [0.29, 0.717) is 29.8 Å². The molecule has 2 fully saturated rings. The Morgan fingerprint density at radius 3 is 2.48 bits per heavy atom. The minimum atomic E-state index is 0.0259. The number of nitrogens with one attached hydrogen (secondary N) is 3. The molecule has 6 rings (SSSR count). The molecular formula is C30H39N9O2S. The molecule has 3 aromatic heterocycles. The van der Waals surface area contributed by atoms with E-state index in [-0.39, 0.29) is 5.91 Å². The van der Waals surface area contributed by atoms with Gasteiger partial charge in [-0.25, -0.2) is 9.50 Å². The fourth-order valence-electron chi connectivity index (χ4n) is 5.13. The van der Waals surface area contributed by atoms with Crippen molar-refractivity contribution in [1.29, 1.82) is 0 Å². The van der Waals surface area contributed by atoms with Crippen LogP contribution in [0.1, 0.15) is 44.2 Å². The minimum Gasteiger partial charge on any atom is -0.325 e. The lowest BCUT2D eigenvalue weighted by Gasteiger charge is -2.25. The van der Waals surface area contributed by atoms with Gasteiger partial charge in [-0.05, 0) is 107 Å². The molecule has 1 aromatic carbocycles. The van der Waals surface area contributed by atoms with Crippen LogP contribution in [0.3, 0.4) is 0 Å². The second kappa shape index (κ2) is 14.9. The van der Waals surface area contributed by atoms with E-state index in [4.69, 9.17) is 4.98 Å². The fraction of sp³-hybridized carbons (Fsp3) is 0.433. The van der Waals surface area contributed by atoms with Crippen LogP contribution in [0.15, 0.2) is 58.7 Å². The summed E-state index contributed by atoms with van der Waals surface area (Å²) in [5.41, 5.74) is 2.62. The molecule has 5 heterocycles. The summed E-state index contributed by atoms with van der Waals surface area (Å²) in [5.74, 6) is 1.41. The fourth-order valence-corrected chi connectivity index (χ4v) is 5.88. The first-order chi connectivity index (χ1) is 20.6. The number of carbonyl (C=O) groups excluding carboxylic acids is 2. The maximum atomic E-state index is 12.2. The van der Waals surface area contributed by atoms with E-state index in [1.54, 1.807) is 4.52 Å². The van der Waals surface area contributed by atoms with Gasteiger partial charge < -0.3 is 20.3 Å². The SMILES string of the molecule is Cc1cc(Nc2nc(Sc3ccc(NC(=O)CN4CCCC4)cc3)nn3cccc23)n[nH]1.O=CCCN1CCCCC1. The number of piperidine rings is 1. The van der Waals surface area contributed by atoms with Crippen molar-refractivity contribution in [3.63, 3.8) is 0 Å². The van der Waals surface area contributed by atoms with Crippen LogP contribution in [0.2, 0.25) is 0 Å². The standard InChI is InChI=1S/C22H24N8OS.C8H15NO/c1-15-13-19(27-26-15)24-21-18-5-4-12-30(18)28-22(25-21)32-17-8-6-16(7-9-17)23-20(31)14-29-10-2-3-11-29;10-8-4-7-9-5-2-1-3-6-9/h4-9,12-13H,2-3,10-11,14H2,1H3,(H,23,31)(H2,24,25,26,27,28);8H,1-7H2. The highest BCUT2D eigenvalue weighted by atomic mass is 32.2. The molecule has 0 spiro atoms. The molecule has 2 saturated heterocycles. The molecule has 0 aliphatic carbocycles. The Hall–Kier alpha value is -3.74. The number of hydrogen-bond acceptors (Lipinski definition) is 9. The summed E-state index contributed by atoms with van der Waals surface area (Å²) in [4.78, 5) is 32.5. The van der Waals surface area contributed by atoms with E-state index in [2.05, 4.69) is 35.7 Å². The van der Waals surface area contributed by atoms with Gasteiger partial charge in [-0.15, -0.1) is 5.10 Å². The highest BCUT2D eigenvalue weighted by molar-refractivity contribution is 7.99. The van der Waals surface area contributed by atoms with Gasteiger partial charge in [0.1, 0.15) is 11.8 Å². The molecule has 2 aliphatic heterocycles. The zero-order valence-electron chi connectivity index (χ0n) is 24.1. The van der Waals surface area contributed by atoms with E-state index in [0.717, 1.165) is 47.7 Å². The average Bonchev–Trinajstić information content (AvgIpc) is 3.77. The molecule has 0 unspecified atom stereocenters. The number of anilines is 3. The Kier molecular flexibility index (Phi) is 10.6. The topological polar surface area (TPSA) is 124 Å². The summed E-state index contributed by atoms with van der Waals surface area (Å²) < 4.78 is 1.80. The smallest absolute Gasteiger partial charge is 0.238 e. The maximum absolute atomic E-state index is 12.2. The van der Waals surface area contributed by atoms with E-state index >= 15 is 0 Å². The van der Waals surface area contributed by atoms with E-state index in [9.17, 15) is 9.59 Å². The highest BCUT2D eigenvalue weighted by Gasteiger charge is 2.15. The third-order valence-corrected chi connectivity index (χ3v) is 8.11. The van der Waals surface area contributed by atoms with Crippen LogP contribution in [-0.4, -0.2) is 86.1 Å². The molecule has 0 atom stereocenters. The summed E-state index contributed by atoms with van der Waals surface area (Å²) in [6.45, 7) is 7.79. The molecule has 11 nitrogen and oxygen atoms in total. The maximum Gasteiger partial charge on any atom is 0.238 e. The number of benzene rings is 1. The number of aromatic amines is 1. The Bertz CT molecular complexity index is 1440. The van der Waals surface area contributed by atoms with Crippen molar-refractivity contribution in [3.8, 4) is 0 Å². The van der Waals surface area contributed by atoms with Gasteiger partial charge in [-0.1, -0.05) is 6.42 Å². The number of likely N-dealkylation sites (tertiary alicyclic amines) is 2. The second-order valence-corrected chi connectivity index (χ2v) is 11.7. The first kappa shape index (κ1) is 29.7. The molecule has 3 N–H and O–H groups in total. The first-order valence-electron chi connectivity index (χ1n) is 14.7. The van der Waals surface area contributed by atoms with Crippen molar-refractivity contribution < 1.29 is 9.59 Å². The van der Waals surface area contributed by atoms with Gasteiger partial charge in [0.25, 0.3) is 0 Å². The summed E-state index contributed by atoms with van der Waals surface area (Å²) >= 11 is 1.46. The van der Waals surface area contributed by atoms with Gasteiger partial charge in [0.05, 0.1) is 6.54 Å². The predicted molar refractivity (Wildman–Crippen MR) is 165 cm³/mol. The number of hydrogen-bond donors (Lipinski definition) is 3. The number of H-pyrrole nitrogens is 1. The van der Waals surface area contributed by atoms with Crippen molar-refractivity contribution >= 4 is 46.8 Å². The van der Waals surface area contributed by atoms with Gasteiger partial charge in [0.15, 0.2) is 11.6 Å². The molecule has 0 saturated carbocycles. The molecule has 2 aliphatic rings. The molecule has 42 heavy (non-hydrogen) atoms. The Morgan fingerprint density at radius 1 is 1.02 bits per heavy atom. The summed E-state index contributed by atoms with van der Waals surface area (Å²) in [5, 5.41) is 18.6. The molecule has 222 valence electrons. The Morgan fingerprint density at radius 2 is 1.76 bits per heavy atom. The van der Waals surface area contributed by atoms with E-state index in [1.165, 1.54) is 57.0 Å². The van der Waals surface area contributed by atoms with Crippen LogP contribution in [0.25, 0.3) is 5.52 Å². The van der Waals surface area contributed by atoms with E-state index in [1.807, 2.05) is 55.6 Å². The zero-order chi connectivity index (χ0) is 29.1. The van der Waals surface area contributed by atoms with Crippen LogP contribution in [0, 0.1) is 6.92 Å². The largest absolute Gasteiger partial charge is 0.325 e. The van der Waals surface area contributed by atoms with Gasteiger partial charge in [-0.2, -0.15) is 5.10 Å². The van der Waals surface area contributed by atoms with Crippen molar-refractivity contribution in [1.82, 2.24) is 34.6 Å². The Labute approximate surface area is 250 Å². The predicted octanol–water partition coefficient (Wildman–Crippen LogP) is 4.75. The number of aryl methyl sites for hydroxylation is 1. The minimum absolute atomic E-state index is 0.0259. The number of fused-ring (bicyclic) bond motifs is 1. The van der Waals surface area contributed by atoms with Gasteiger partial charge >= 0.3 is 0 Å². The van der Waals surface area contributed by atoms with Gasteiger partial charge in [0.2, 0.25) is 11.1 Å². The highest BCUT2D eigenvalue weighted by Crippen LogP contribution is 2.29. The van der Waals surface area contributed by atoms with Crippen molar-refractivity contribution in [2.45, 2.75) is 55.5 Å². The molecular weight excluding hydrogens is 550 g/mol. The summed E-state index contributed by atoms with van der Waals surface area (Å²) in [6, 6.07) is 13.5. The molecule has 4 aromatic rings. The molecule has 0 radical (unpaired) electrons. The normalized spacial score (nSPS) is 15.7. The quantitative estimate of drug-likeness (QED) is 0.225. The van der Waals surface area contributed by atoms with Crippen LogP contribution in [0.4, 0.5) is 17.3 Å². The van der Waals surface area contributed by atoms with Crippen LogP contribution in [0.5, 0.6) is 0 Å². The summed E-state index contributed by atoms with van der Waals surface area (Å²) in [7, 11) is 0. The molecule has 12 heteroatoms. The number of rotatable bonds is 10. The first-order valence-corrected chi connectivity index (χ1v) is 15.5. The second-order valence-electron chi connectivity index (χ2n) is 10.7. The number of amides is 1. The number of nitrogens with zero attached hydrogens (tertiary/aromatic N) is 6. The number of aldehydes is 1.